The maximum absolute atomic E-state index is 12.1. The van der Waals surface area contributed by atoms with Gasteiger partial charge in [-0.25, -0.2) is 14.8 Å². The van der Waals surface area contributed by atoms with E-state index in [9.17, 15) is 4.79 Å². The minimum absolute atomic E-state index is 0.190. The number of ether oxygens (including phenoxy) is 1. The molecule has 1 amide bonds. The molecule has 0 N–H and O–H groups in total. The van der Waals surface area contributed by atoms with Crippen LogP contribution in [0.3, 0.4) is 0 Å². The Morgan fingerprint density at radius 3 is 2.71 bits per heavy atom. The Bertz CT molecular complexity index is 518. The Morgan fingerprint density at radius 1 is 1.43 bits per heavy atom. The third-order valence-electron chi connectivity index (χ3n) is 3.20. The van der Waals surface area contributed by atoms with Gasteiger partial charge >= 0.3 is 6.09 Å². The van der Waals surface area contributed by atoms with Crippen molar-refractivity contribution < 1.29 is 9.53 Å². The topological polar surface area (TPSA) is 58.6 Å². The zero-order valence-corrected chi connectivity index (χ0v) is 15.0. The summed E-state index contributed by atoms with van der Waals surface area (Å²) in [6, 6.07) is 0.190. The van der Waals surface area contributed by atoms with Crippen LogP contribution in [0, 0.1) is 3.57 Å². The van der Waals surface area contributed by atoms with E-state index in [0.717, 1.165) is 15.9 Å². The minimum atomic E-state index is -0.459. The predicted molar refractivity (Wildman–Crippen MR) is 89.4 cm³/mol. The molecule has 0 aromatic carbocycles. The van der Waals surface area contributed by atoms with Crippen LogP contribution in [0.25, 0.3) is 0 Å². The maximum atomic E-state index is 12.1. The maximum Gasteiger partial charge on any atom is 0.410 e. The van der Waals surface area contributed by atoms with Gasteiger partial charge in [-0.1, -0.05) is 0 Å². The summed E-state index contributed by atoms with van der Waals surface area (Å²) in [7, 11) is 0. The van der Waals surface area contributed by atoms with Crippen LogP contribution in [0.15, 0.2) is 12.5 Å². The van der Waals surface area contributed by atoms with Crippen LogP contribution >= 0.6 is 22.6 Å². The minimum Gasteiger partial charge on any atom is -0.444 e. The van der Waals surface area contributed by atoms with E-state index in [1.807, 2.05) is 20.8 Å². The van der Waals surface area contributed by atoms with Crippen molar-refractivity contribution in [3.05, 3.63) is 16.1 Å². The average Bonchev–Trinajstić information content (AvgIpc) is 2.38. The van der Waals surface area contributed by atoms with E-state index >= 15 is 0 Å². The molecule has 1 unspecified atom stereocenters. The Balaban J connectivity index is 2.03. The van der Waals surface area contributed by atoms with Gasteiger partial charge in [0.1, 0.15) is 17.7 Å². The van der Waals surface area contributed by atoms with E-state index in [2.05, 4.69) is 44.4 Å². The number of nitrogens with zero attached hydrogens (tertiary/aromatic N) is 4. The van der Waals surface area contributed by atoms with Gasteiger partial charge in [0.15, 0.2) is 0 Å². The molecular weight excluding hydrogens is 383 g/mol. The van der Waals surface area contributed by atoms with Gasteiger partial charge in [-0.05, 0) is 50.3 Å². The number of carbonyl (C=O) groups is 1. The summed E-state index contributed by atoms with van der Waals surface area (Å²) in [6.07, 6.45) is 3.12. The second-order valence-electron chi connectivity index (χ2n) is 6.16. The third kappa shape index (κ3) is 4.18. The fraction of sp³-hybridized carbons (Fsp3) is 0.643. The van der Waals surface area contributed by atoms with Crippen molar-refractivity contribution in [1.29, 1.82) is 0 Å². The van der Waals surface area contributed by atoms with Gasteiger partial charge in [-0.15, -0.1) is 0 Å². The first-order chi connectivity index (χ1) is 9.78. The van der Waals surface area contributed by atoms with Gasteiger partial charge in [0.25, 0.3) is 0 Å². The number of aromatic nitrogens is 2. The van der Waals surface area contributed by atoms with Gasteiger partial charge < -0.3 is 14.5 Å². The summed E-state index contributed by atoms with van der Waals surface area (Å²) in [5.41, 5.74) is -0.459. The van der Waals surface area contributed by atoms with Crippen LogP contribution in [0.4, 0.5) is 10.6 Å². The monoisotopic (exact) mass is 404 g/mol. The number of anilines is 1. The SMILES string of the molecule is CC1CN(C(=O)OC(C)(C)C)CCN1c1ncncc1I. The first-order valence-corrected chi connectivity index (χ1v) is 8.06. The highest BCUT2D eigenvalue weighted by molar-refractivity contribution is 14.1. The zero-order valence-electron chi connectivity index (χ0n) is 12.8. The quantitative estimate of drug-likeness (QED) is 0.674. The number of amides is 1. The number of rotatable bonds is 1. The van der Waals surface area contributed by atoms with Crippen LogP contribution in [-0.2, 0) is 4.74 Å². The summed E-state index contributed by atoms with van der Waals surface area (Å²) >= 11 is 2.24. The molecule has 1 aromatic rings. The fourth-order valence-corrected chi connectivity index (χ4v) is 2.89. The van der Waals surface area contributed by atoms with Crippen molar-refractivity contribution in [2.45, 2.75) is 39.3 Å². The number of hydrogen-bond acceptors (Lipinski definition) is 5. The van der Waals surface area contributed by atoms with E-state index in [-0.39, 0.29) is 12.1 Å². The smallest absolute Gasteiger partial charge is 0.410 e. The molecule has 0 saturated carbocycles. The van der Waals surface area contributed by atoms with Crippen LogP contribution < -0.4 is 4.90 Å². The summed E-state index contributed by atoms with van der Waals surface area (Å²) < 4.78 is 6.45. The lowest BCUT2D eigenvalue weighted by Crippen LogP contribution is -2.55. The van der Waals surface area contributed by atoms with Crippen molar-refractivity contribution in [2.75, 3.05) is 24.5 Å². The largest absolute Gasteiger partial charge is 0.444 e. The van der Waals surface area contributed by atoms with Gasteiger partial charge in [0, 0.05) is 31.9 Å². The summed E-state index contributed by atoms with van der Waals surface area (Å²) in [5.74, 6) is 0.932. The lowest BCUT2D eigenvalue weighted by Gasteiger charge is -2.41. The normalized spacial score (nSPS) is 19.6. The molecule has 0 radical (unpaired) electrons. The molecular formula is C14H21IN4O2. The van der Waals surface area contributed by atoms with Gasteiger partial charge in [-0.2, -0.15) is 0 Å². The Hall–Kier alpha value is -1.12. The molecule has 116 valence electrons. The van der Waals surface area contributed by atoms with Crippen molar-refractivity contribution in [2.24, 2.45) is 0 Å². The predicted octanol–water partition coefficient (Wildman–Crippen LogP) is 2.53. The molecule has 1 aliphatic heterocycles. The molecule has 1 atom stereocenters. The van der Waals surface area contributed by atoms with E-state index in [1.54, 1.807) is 17.4 Å². The van der Waals surface area contributed by atoms with Gasteiger partial charge in [0.2, 0.25) is 0 Å². The van der Waals surface area contributed by atoms with E-state index in [4.69, 9.17) is 4.74 Å². The van der Waals surface area contributed by atoms with Crippen LogP contribution in [0.1, 0.15) is 27.7 Å². The number of piperazine rings is 1. The lowest BCUT2D eigenvalue weighted by molar-refractivity contribution is 0.0218. The standard InChI is InChI=1S/C14H21IN4O2/c1-10-8-18(13(20)21-14(2,3)4)5-6-19(10)12-11(15)7-16-9-17-12/h7,9-10H,5-6,8H2,1-4H3. The van der Waals surface area contributed by atoms with Crippen molar-refractivity contribution in [3.8, 4) is 0 Å². The highest BCUT2D eigenvalue weighted by Crippen LogP contribution is 2.23. The van der Waals surface area contributed by atoms with Crippen molar-refractivity contribution in [3.63, 3.8) is 0 Å². The van der Waals surface area contributed by atoms with Crippen LogP contribution in [-0.4, -0.2) is 52.2 Å². The summed E-state index contributed by atoms with van der Waals surface area (Å²) in [6.45, 7) is 9.76. The first-order valence-electron chi connectivity index (χ1n) is 6.98. The van der Waals surface area contributed by atoms with Crippen molar-refractivity contribution >= 4 is 34.5 Å². The molecule has 2 rings (SSSR count). The molecule has 2 heterocycles. The Morgan fingerprint density at radius 2 is 2.14 bits per heavy atom. The Labute approximate surface area is 139 Å². The third-order valence-corrected chi connectivity index (χ3v) is 3.96. The number of carbonyl (C=O) groups excluding carboxylic acids is 1. The molecule has 0 spiro atoms. The molecule has 7 heteroatoms. The highest BCUT2D eigenvalue weighted by atomic mass is 127. The molecule has 0 aliphatic carbocycles. The molecule has 1 saturated heterocycles. The molecule has 1 fully saturated rings. The van der Waals surface area contributed by atoms with E-state index in [1.165, 1.54) is 0 Å². The van der Waals surface area contributed by atoms with Crippen LogP contribution in [0.5, 0.6) is 0 Å². The number of hydrogen-bond donors (Lipinski definition) is 0. The molecule has 21 heavy (non-hydrogen) atoms. The first kappa shape index (κ1) is 16.3. The molecule has 6 nitrogen and oxygen atoms in total. The second kappa shape index (κ2) is 6.33. The van der Waals surface area contributed by atoms with Gasteiger partial charge in [0.05, 0.1) is 3.57 Å². The fourth-order valence-electron chi connectivity index (χ4n) is 2.28. The molecule has 1 aromatic heterocycles. The Kier molecular flexibility index (Phi) is 4.90. The number of halogens is 1. The second-order valence-corrected chi connectivity index (χ2v) is 7.33. The van der Waals surface area contributed by atoms with Crippen LogP contribution in [0.2, 0.25) is 0 Å². The zero-order chi connectivity index (χ0) is 15.6. The molecule has 1 aliphatic rings. The van der Waals surface area contributed by atoms with Gasteiger partial charge in [-0.3, -0.25) is 0 Å². The summed E-state index contributed by atoms with van der Waals surface area (Å²) in [4.78, 5) is 24.5. The van der Waals surface area contributed by atoms with Crippen molar-refractivity contribution in [1.82, 2.24) is 14.9 Å². The lowest BCUT2D eigenvalue weighted by atomic mass is 10.2. The van der Waals surface area contributed by atoms with E-state index in [0.29, 0.717) is 13.1 Å². The molecule has 0 bridgehead atoms. The highest BCUT2D eigenvalue weighted by Gasteiger charge is 2.31. The average molecular weight is 404 g/mol. The summed E-state index contributed by atoms with van der Waals surface area (Å²) in [5, 5.41) is 0. The van der Waals surface area contributed by atoms with E-state index < -0.39 is 5.60 Å².